The number of pyridine rings is 1. The average molecular weight is 239 g/mol. The number of aromatic nitrogens is 1. The molecule has 1 heterocycles. The van der Waals surface area contributed by atoms with E-state index in [0.29, 0.717) is 23.3 Å². The molecule has 1 aliphatic carbocycles. The van der Waals surface area contributed by atoms with Crippen LogP contribution in [0.2, 0.25) is 0 Å². The first-order chi connectivity index (χ1) is 8.00. The largest absolute Gasteiger partial charge is 0.249 e. The third-order valence-electron chi connectivity index (χ3n) is 4.14. The van der Waals surface area contributed by atoms with Crippen LogP contribution in [0.25, 0.3) is 0 Å². The number of nitrogens with zero attached hydrogens (tertiary/aromatic N) is 1. The minimum Gasteiger partial charge on any atom is -0.226 e. The fourth-order valence-electron chi connectivity index (χ4n) is 2.99. The summed E-state index contributed by atoms with van der Waals surface area (Å²) in [6.45, 7) is 6.53. The van der Waals surface area contributed by atoms with Gasteiger partial charge >= 0.3 is 0 Å². The van der Waals surface area contributed by atoms with Gasteiger partial charge in [0.1, 0.15) is 0 Å². The van der Waals surface area contributed by atoms with Crippen LogP contribution in [-0.4, -0.2) is 4.98 Å². The summed E-state index contributed by atoms with van der Waals surface area (Å²) in [5.41, 5.74) is 0.508. The first kappa shape index (κ1) is 12.5. The van der Waals surface area contributed by atoms with Crippen molar-refractivity contribution in [3.8, 4) is 0 Å². The van der Waals surface area contributed by atoms with E-state index in [0.717, 1.165) is 12.8 Å². The standard InChI is InChI=1S/C14H19F2N/c1-8(2)10-6-9(3)12(7-10)11-4-5-17-14(16)13(11)15/h4-5,8-10,12H,6-7H2,1-3H3. The van der Waals surface area contributed by atoms with Crippen molar-refractivity contribution >= 4 is 0 Å². The Morgan fingerprint density at radius 1 is 1.29 bits per heavy atom. The van der Waals surface area contributed by atoms with Gasteiger partial charge in [-0.25, -0.2) is 9.37 Å². The second-order valence-corrected chi connectivity index (χ2v) is 5.56. The van der Waals surface area contributed by atoms with Crippen molar-refractivity contribution in [1.29, 1.82) is 0 Å². The maximum absolute atomic E-state index is 13.7. The van der Waals surface area contributed by atoms with Crippen molar-refractivity contribution in [2.75, 3.05) is 0 Å². The summed E-state index contributed by atoms with van der Waals surface area (Å²) in [5, 5.41) is 0. The quantitative estimate of drug-likeness (QED) is 0.707. The van der Waals surface area contributed by atoms with Gasteiger partial charge in [-0.05, 0) is 48.1 Å². The molecule has 1 saturated carbocycles. The Kier molecular flexibility index (Phi) is 3.45. The molecule has 1 aliphatic rings. The van der Waals surface area contributed by atoms with Gasteiger partial charge in [-0.1, -0.05) is 20.8 Å². The van der Waals surface area contributed by atoms with Crippen molar-refractivity contribution in [1.82, 2.24) is 4.98 Å². The molecular formula is C14H19F2N. The number of hydrogen-bond acceptors (Lipinski definition) is 1. The molecule has 1 aromatic heterocycles. The molecule has 1 fully saturated rings. The van der Waals surface area contributed by atoms with Crippen LogP contribution < -0.4 is 0 Å². The summed E-state index contributed by atoms with van der Waals surface area (Å²) < 4.78 is 26.8. The highest BCUT2D eigenvalue weighted by atomic mass is 19.2. The van der Waals surface area contributed by atoms with Crippen LogP contribution in [-0.2, 0) is 0 Å². The van der Waals surface area contributed by atoms with Crippen LogP contribution in [0.5, 0.6) is 0 Å². The number of halogens is 2. The van der Waals surface area contributed by atoms with Crippen LogP contribution in [0.4, 0.5) is 8.78 Å². The van der Waals surface area contributed by atoms with Gasteiger partial charge in [-0.3, -0.25) is 0 Å². The van der Waals surface area contributed by atoms with Crippen LogP contribution in [0.1, 0.15) is 45.1 Å². The lowest BCUT2D eigenvalue weighted by Crippen LogP contribution is -2.07. The fraction of sp³-hybridized carbons (Fsp3) is 0.643. The van der Waals surface area contributed by atoms with Gasteiger partial charge in [0.25, 0.3) is 0 Å². The molecule has 1 aromatic rings. The molecule has 0 radical (unpaired) electrons. The highest BCUT2D eigenvalue weighted by Crippen LogP contribution is 2.46. The molecule has 0 N–H and O–H groups in total. The number of rotatable bonds is 2. The molecule has 0 saturated heterocycles. The van der Waals surface area contributed by atoms with Crippen LogP contribution in [0.15, 0.2) is 12.3 Å². The van der Waals surface area contributed by atoms with Crippen molar-refractivity contribution < 1.29 is 8.78 Å². The highest BCUT2D eigenvalue weighted by Gasteiger charge is 2.35. The van der Waals surface area contributed by atoms with Crippen LogP contribution in [0, 0.1) is 29.5 Å². The predicted octanol–water partition coefficient (Wildman–Crippen LogP) is 4.15. The van der Waals surface area contributed by atoms with Gasteiger partial charge in [0, 0.05) is 6.20 Å². The lowest BCUT2D eigenvalue weighted by atomic mass is 9.89. The molecule has 0 aromatic carbocycles. The van der Waals surface area contributed by atoms with Gasteiger partial charge in [0.2, 0.25) is 5.95 Å². The van der Waals surface area contributed by atoms with E-state index in [9.17, 15) is 8.78 Å². The molecule has 94 valence electrons. The maximum Gasteiger partial charge on any atom is 0.249 e. The van der Waals surface area contributed by atoms with Gasteiger partial charge in [0.15, 0.2) is 5.82 Å². The maximum atomic E-state index is 13.7. The smallest absolute Gasteiger partial charge is 0.226 e. The molecule has 3 heteroatoms. The molecule has 2 rings (SSSR count). The summed E-state index contributed by atoms with van der Waals surface area (Å²) in [5.74, 6) is 0.0536. The summed E-state index contributed by atoms with van der Waals surface area (Å²) in [6, 6.07) is 1.63. The summed E-state index contributed by atoms with van der Waals surface area (Å²) in [4.78, 5) is 3.35. The van der Waals surface area contributed by atoms with E-state index in [1.54, 1.807) is 6.07 Å². The van der Waals surface area contributed by atoms with E-state index in [1.807, 2.05) is 0 Å². The van der Waals surface area contributed by atoms with Gasteiger partial charge in [0.05, 0.1) is 0 Å². The van der Waals surface area contributed by atoms with E-state index in [1.165, 1.54) is 6.20 Å². The Hall–Kier alpha value is -0.990. The first-order valence-corrected chi connectivity index (χ1v) is 6.30. The van der Waals surface area contributed by atoms with E-state index >= 15 is 0 Å². The van der Waals surface area contributed by atoms with Crippen molar-refractivity contribution in [2.24, 2.45) is 17.8 Å². The highest BCUT2D eigenvalue weighted by molar-refractivity contribution is 5.21. The molecule has 0 bridgehead atoms. The Labute approximate surface area is 101 Å². The SMILES string of the molecule is CC(C)C1CC(C)C(c2ccnc(F)c2F)C1. The van der Waals surface area contributed by atoms with E-state index in [2.05, 4.69) is 25.8 Å². The zero-order chi connectivity index (χ0) is 12.6. The van der Waals surface area contributed by atoms with Crippen LogP contribution in [0.3, 0.4) is 0 Å². The molecular weight excluding hydrogens is 220 g/mol. The predicted molar refractivity (Wildman–Crippen MR) is 63.6 cm³/mol. The second kappa shape index (κ2) is 4.71. The molecule has 0 spiro atoms. The molecule has 3 unspecified atom stereocenters. The van der Waals surface area contributed by atoms with E-state index in [4.69, 9.17) is 0 Å². The Morgan fingerprint density at radius 3 is 2.59 bits per heavy atom. The molecule has 17 heavy (non-hydrogen) atoms. The third kappa shape index (κ3) is 2.33. The molecule has 0 aliphatic heterocycles. The lowest BCUT2D eigenvalue weighted by molar-refractivity contribution is 0.383. The molecule has 0 amide bonds. The van der Waals surface area contributed by atoms with E-state index in [-0.39, 0.29) is 5.92 Å². The Bertz CT molecular complexity index is 403. The lowest BCUT2D eigenvalue weighted by Gasteiger charge is -2.16. The summed E-state index contributed by atoms with van der Waals surface area (Å²) in [7, 11) is 0. The topological polar surface area (TPSA) is 12.9 Å². The minimum atomic E-state index is -0.970. The monoisotopic (exact) mass is 239 g/mol. The van der Waals surface area contributed by atoms with Gasteiger partial charge in [-0.15, -0.1) is 0 Å². The third-order valence-corrected chi connectivity index (χ3v) is 4.14. The van der Waals surface area contributed by atoms with Crippen molar-refractivity contribution in [3.05, 3.63) is 29.6 Å². The summed E-state index contributed by atoms with van der Waals surface area (Å²) >= 11 is 0. The molecule has 1 nitrogen and oxygen atoms in total. The fourth-order valence-corrected chi connectivity index (χ4v) is 2.99. The van der Waals surface area contributed by atoms with Crippen molar-refractivity contribution in [2.45, 2.75) is 39.5 Å². The van der Waals surface area contributed by atoms with Crippen molar-refractivity contribution in [3.63, 3.8) is 0 Å². The Balaban J connectivity index is 2.26. The minimum absolute atomic E-state index is 0.139. The first-order valence-electron chi connectivity index (χ1n) is 6.30. The van der Waals surface area contributed by atoms with Gasteiger partial charge in [-0.2, -0.15) is 4.39 Å². The zero-order valence-electron chi connectivity index (χ0n) is 10.6. The van der Waals surface area contributed by atoms with Gasteiger partial charge < -0.3 is 0 Å². The Morgan fingerprint density at radius 2 is 2.00 bits per heavy atom. The second-order valence-electron chi connectivity index (χ2n) is 5.56. The summed E-state index contributed by atoms with van der Waals surface area (Å²) in [6.07, 6.45) is 3.42. The normalized spacial score (nSPS) is 28.9. The molecule has 3 atom stereocenters. The zero-order valence-corrected chi connectivity index (χ0v) is 10.6. The van der Waals surface area contributed by atoms with E-state index < -0.39 is 11.8 Å². The van der Waals surface area contributed by atoms with Crippen LogP contribution >= 0.6 is 0 Å². The number of hydrogen-bond donors (Lipinski definition) is 0. The average Bonchev–Trinajstić information content (AvgIpc) is 2.65.